The highest BCUT2D eigenvalue weighted by Gasteiger charge is 2.34. The molecule has 1 aliphatic rings. The van der Waals surface area contributed by atoms with E-state index in [4.69, 9.17) is 11.6 Å². The number of hydrogen-bond acceptors (Lipinski definition) is 5. The maximum absolute atomic E-state index is 13.5. The molecule has 0 fully saturated rings. The quantitative estimate of drug-likeness (QED) is 0.259. The van der Waals surface area contributed by atoms with Crippen LogP contribution in [0.2, 0.25) is 5.02 Å². The average Bonchev–Trinajstić information content (AvgIpc) is 3.32. The molecule has 0 N–H and O–H groups in total. The second kappa shape index (κ2) is 10.2. The van der Waals surface area contributed by atoms with E-state index in [2.05, 4.69) is 6.58 Å². The predicted octanol–water partition coefficient (Wildman–Crippen LogP) is 5.11. The Hall–Kier alpha value is -3.49. The Morgan fingerprint density at radius 1 is 1.18 bits per heavy atom. The molecule has 2 amide bonds. The first kappa shape index (κ1) is 23.7. The lowest BCUT2D eigenvalue weighted by molar-refractivity contribution is -0.384. The van der Waals surface area contributed by atoms with Crippen LogP contribution in [-0.2, 0) is 11.2 Å². The number of nitro groups is 1. The van der Waals surface area contributed by atoms with E-state index in [1.807, 2.05) is 35.7 Å². The van der Waals surface area contributed by atoms with E-state index in [-0.39, 0.29) is 42.2 Å². The zero-order chi connectivity index (χ0) is 24.2. The molecular weight excluding hydrogens is 474 g/mol. The number of amides is 2. The van der Waals surface area contributed by atoms with Crippen molar-refractivity contribution in [2.45, 2.75) is 12.5 Å². The largest absolute Gasteiger partial charge is 0.330 e. The number of hydrogen-bond donors (Lipinski definition) is 0. The highest BCUT2D eigenvalue weighted by molar-refractivity contribution is 7.10. The number of non-ortho nitro benzene ring substituents is 1. The molecule has 0 aliphatic carbocycles. The molecule has 3 aromatic rings. The summed E-state index contributed by atoms with van der Waals surface area (Å²) in [5, 5.41) is 13.6. The van der Waals surface area contributed by atoms with Crippen molar-refractivity contribution in [3.63, 3.8) is 0 Å². The van der Waals surface area contributed by atoms with Crippen LogP contribution in [0.1, 0.15) is 32.4 Å². The fraction of sp³-hybridized carbons (Fsp3) is 0.200. The van der Waals surface area contributed by atoms with Crippen molar-refractivity contribution < 1.29 is 14.5 Å². The second-order valence-electron chi connectivity index (χ2n) is 7.87. The van der Waals surface area contributed by atoms with Gasteiger partial charge >= 0.3 is 0 Å². The molecule has 1 aliphatic heterocycles. The lowest BCUT2D eigenvalue weighted by Gasteiger charge is -2.37. The van der Waals surface area contributed by atoms with E-state index in [0.29, 0.717) is 11.6 Å². The van der Waals surface area contributed by atoms with E-state index in [1.165, 1.54) is 34.0 Å². The highest BCUT2D eigenvalue weighted by atomic mass is 35.5. The monoisotopic (exact) mass is 495 g/mol. The van der Waals surface area contributed by atoms with Crippen molar-refractivity contribution >= 4 is 40.4 Å². The molecule has 1 unspecified atom stereocenters. The van der Waals surface area contributed by atoms with Gasteiger partial charge in [0.05, 0.1) is 11.0 Å². The molecule has 9 heteroatoms. The molecule has 0 bridgehead atoms. The summed E-state index contributed by atoms with van der Waals surface area (Å²) in [6.07, 6.45) is 2.31. The third-order valence-corrected chi connectivity index (χ3v) is 7.01. The Morgan fingerprint density at radius 2 is 1.88 bits per heavy atom. The van der Waals surface area contributed by atoms with Gasteiger partial charge in [0.15, 0.2) is 0 Å². The van der Waals surface area contributed by atoms with Gasteiger partial charge in [-0.25, -0.2) is 0 Å². The zero-order valence-corrected chi connectivity index (χ0v) is 19.8. The Balaban J connectivity index is 1.59. The summed E-state index contributed by atoms with van der Waals surface area (Å²) in [5.41, 5.74) is 2.21. The van der Waals surface area contributed by atoms with Gasteiger partial charge in [-0.2, -0.15) is 0 Å². The van der Waals surface area contributed by atoms with Crippen molar-refractivity contribution in [3.05, 3.63) is 109 Å². The molecule has 174 valence electrons. The van der Waals surface area contributed by atoms with Crippen LogP contribution in [0.5, 0.6) is 0 Å². The summed E-state index contributed by atoms with van der Waals surface area (Å²) in [6, 6.07) is 14.6. The minimum absolute atomic E-state index is 0.103. The van der Waals surface area contributed by atoms with E-state index in [0.717, 1.165) is 17.5 Å². The van der Waals surface area contributed by atoms with Crippen LogP contribution in [0, 0.1) is 10.1 Å². The van der Waals surface area contributed by atoms with Crippen LogP contribution in [0.15, 0.2) is 72.6 Å². The maximum atomic E-state index is 13.5. The van der Waals surface area contributed by atoms with Crippen molar-refractivity contribution in [2.24, 2.45) is 0 Å². The Labute approximate surface area is 206 Å². The third kappa shape index (κ3) is 4.88. The van der Waals surface area contributed by atoms with Gasteiger partial charge in [0.25, 0.3) is 11.6 Å². The SMILES string of the molecule is C=CCN(CC(=O)N1CCc2sccc2C1c1ccc(Cl)cc1)C(=O)c1ccc([N+](=O)[O-])cc1. The van der Waals surface area contributed by atoms with Crippen LogP contribution < -0.4 is 0 Å². The summed E-state index contributed by atoms with van der Waals surface area (Å²) in [6.45, 7) is 4.28. The molecular formula is C25H22ClN3O4S. The molecule has 0 saturated carbocycles. The fourth-order valence-corrected chi connectivity index (χ4v) is 5.16. The predicted molar refractivity (Wildman–Crippen MR) is 132 cm³/mol. The van der Waals surface area contributed by atoms with Crippen LogP contribution in [-0.4, -0.2) is 46.2 Å². The van der Waals surface area contributed by atoms with Gasteiger partial charge in [-0.15, -0.1) is 17.9 Å². The van der Waals surface area contributed by atoms with Gasteiger partial charge in [-0.1, -0.05) is 29.8 Å². The zero-order valence-electron chi connectivity index (χ0n) is 18.2. The average molecular weight is 496 g/mol. The molecule has 2 aromatic carbocycles. The molecule has 34 heavy (non-hydrogen) atoms. The fourth-order valence-electron chi connectivity index (χ4n) is 4.13. The Morgan fingerprint density at radius 3 is 2.53 bits per heavy atom. The van der Waals surface area contributed by atoms with Gasteiger partial charge in [0.1, 0.15) is 6.54 Å². The first-order valence-corrected chi connectivity index (χ1v) is 11.9. The van der Waals surface area contributed by atoms with E-state index in [1.54, 1.807) is 22.3 Å². The standard InChI is InChI=1S/C25H22ClN3O4S/c1-2-13-27(25(31)18-5-9-20(10-6-18)29(32)33)16-23(30)28-14-11-22-21(12-15-34-22)24(28)17-3-7-19(26)8-4-17/h2-10,12,15,24H,1,11,13-14,16H2. The van der Waals surface area contributed by atoms with Gasteiger partial charge < -0.3 is 9.80 Å². The molecule has 1 aromatic heterocycles. The van der Waals surface area contributed by atoms with Crippen LogP contribution >= 0.6 is 22.9 Å². The molecule has 4 rings (SSSR count). The van der Waals surface area contributed by atoms with Crippen molar-refractivity contribution in [1.82, 2.24) is 9.80 Å². The minimum Gasteiger partial charge on any atom is -0.330 e. The van der Waals surface area contributed by atoms with Crippen molar-refractivity contribution in [3.8, 4) is 0 Å². The first-order valence-electron chi connectivity index (χ1n) is 10.6. The summed E-state index contributed by atoms with van der Waals surface area (Å²) in [5.74, 6) is -0.576. The molecule has 2 heterocycles. The molecule has 0 spiro atoms. The van der Waals surface area contributed by atoms with E-state index >= 15 is 0 Å². The molecule has 0 saturated heterocycles. The number of fused-ring (bicyclic) bond motifs is 1. The maximum Gasteiger partial charge on any atom is 0.269 e. The van der Waals surface area contributed by atoms with Gasteiger partial charge in [-0.3, -0.25) is 19.7 Å². The summed E-state index contributed by atoms with van der Waals surface area (Å²) < 4.78 is 0. The number of carbonyl (C=O) groups excluding carboxylic acids is 2. The minimum atomic E-state index is -0.523. The number of thiophene rings is 1. The van der Waals surface area contributed by atoms with Crippen LogP contribution in [0.3, 0.4) is 0 Å². The van der Waals surface area contributed by atoms with Crippen LogP contribution in [0.4, 0.5) is 5.69 Å². The molecule has 1 atom stereocenters. The molecule has 0 radical (unpaired) electrons. The van der Waals surface area contributed by atoms with Crippen molar-refractivity contribution in [1.29, 1.82) is 0 Å². The topological polar surface area (TPSA) is 83.8 Å². The molecule has 7 nitrogen and oxygen atoms in total. The summed E-state index contributed by atoms with van der Waals surface area (Å²) in [4.78, 5) is 41.5. The highest BCUT2D eigenvalue weighted by Crippen LogP contribution is 2.38. The summed E-state index contributed by atoms with van der Waals surface area (Å²) >= 11 is 7.76. The third-order valence-electron chi connectivity index (χ3n) is 5.76. The van der Waals surface area contributed by atoms with Gasteiger partial charge in [0.2, 0.25) is 5.91 Å². The smallest absolute Gasteiger partial charge is 0.269 e. The van der Waals surface area contributed by atoms with E-state index < -0.39 is 4.92 Å². The Kier molecular flexibility index (Phi) is 7.09. The normalized spacial score (nSPS) is 14.9. The van der Waals surface area contributed by atoms with Gasteiger partial charge in [-0.05, 0) is 53.3 Å². The number of rotatable bonds is 7. The van der Waals surface area contributed by atoms with Crippen molar-refractivity contribution in [2.75, 3.05) is 19.6 Å². The van der Waals surface area contributed by atoms with Gasteiger partial charge in [0, 0.05) is 40.7 Å². The second-order valence-corrected chi connectivity index (χ2v) is 9.31. The lowest BCUT2D eigenvalue weighted by atomic mass is 9.93. The number of nitro benzene ring substituents is 1. The lowest BCUT2D eigenvalue weighted by Crippen LogP contribution is -2.46. The summed E-state index contributed by atoms with van der Waals surface area (Å²) in [7, 11) is 0. The van der Waals surface area contributed by atoms with E-state index in [9.17, 15) is 19.7 Å². The number of carbonyl (C=O) groups is 2. The Bertz CT molecular complexity index is 1220. The number of nitrogens with zero attached hydrogens (tertiary/aromatic N) is 3. The van der Waals surface area contributed by atoms with Crippen LogP contribution in [0.25, 0.3) is 0 Å². The first-order chi connectivity index (χ1) is 16.4. The number of benzene rings is 2. The number of halogens is 1.